The number of benzene rings is 2. The lowest BCUT2D eigenvalue weighted by atomic mass is 9.62. The highest BCUT2D eigenvalue weighted by Crippen LogP contribution is 2.65. The van der Waals surface area contributed by atoms with Crippen LogP contribution in [0.3, 0.4) is 0 Å². The van der Waals surface area contributed by atoms with Gasteiger partial charge in [0, 0.05) is 25.3 Å². The Balaban J connectivity index is 1.62. The molecule has 216 valence electrons. The average Bonchev–Trinajstić information content (AvgIpc) is 3.47. The smallest absolute Gasteiger partial charge is 0.253 e. The lowest BCUT2D eigenvalue weighted by Gasteiger charge is -2.39. The maximum absolute atomic E-state index is 14.5. The van der Waals surface area contributed by atoms with E-state index < -0.39 is 35.0 Å². The van der Waals surface area contributed by atoms with Gasteiger partial charge in [0.15, 0.2) is 0 Å². The largest absolute Gasteiger partial charge is 0.395 e. The molecule has 2 aromatic rings. The SMILES string of the molecule is C=CCN(C(=O)[C@@H]1[C@H]2C(=O)N(CCO)C(C(=O)N(CC=C)c3ccccc3Cl)C23CC(C)[C@@]1(C)O3)c1ccccc1. The van der Waals surface area contributed by atoms with Crippen LogP contribution >= 0.6 is 11.6 Å². The third-order valence-corrected chi connectivity index (χ3v) is 9.34. The van der Waals surface area contributed by atoms with Gasteiger partial charge in [-0.15, -0.1) is 13.2 Å². The van der Waals surface area contributed by atoms with Crippen molar-refractivity contribution in [2.45, 2.75) is 37.5 Å². The van der Waals surface area contributed by atoms with Crippen molar-refractivity contribution < 1.29 is 24.2 Å². The Morgan fingerprint density at radius 1 is 1.07 bits per heavy atom. The first-order chi connectivity index (χ1) is 19.7. The van der Waals surface area contributed by atoms with Crippen LogP contribution in [-0.2, 0) is 19.1 Å². The number of carbonyl (C=O) groups is 3. The van der Waals surface area contributed by atoms with Gasteiger partial charge in [0.25, 0.3) is 5.91 Å². The fraction of sp³-hybridized carbons (Fsp3) is 0.406. The van der Waals surface area contributed by atoms with Gasteiger partial charge in [-0.25, -0.2) is 0 Å². The van der Waals surface area contributed by atoms with Gasteiger partial charge in [-0.2, -0.15) is 0 Å². The van der Waals surface area contributed by atoms with Crippen LogP contribution in [0.1, 0.15) is 20.3 Å². The molecule has 3 aliphatic rings. The number of hydrogen-bond donors (Lipinski definition) is 1. The van der Waals surface area contributed by atoms with E-state index in [9.17, 15) is 19.5 Å². The van der Waals surface area contributed by atoms with Crippen LogP contribution in [0, 0.1) is 17.8 Å². The molecule has 1 N–H and O–H groups in total. The van der Waals surface area contributed by atoms with Gasteiger partial charge in [0.2, 0.25) is 11.8 Å². The zero-order chi connectivity index (χ0) is 29.5. The number of likely N-dealkylation sites (tertiary alicyclic amines) is 1. The summed E-state index contributed by atoms with van der Waals surface area (Å²) < 4.78 is 6.83. The molecule has 8 nitrogen and oxygen atoms in total. The van der Waals surface area contributed by atoms with E-state index in [1.165, 1.54) is 9.80 Å². The molecular weight excluding hydrogens is 542 g/mol. The number of carbonyl (C=O) groups excluding carboxylic acids is 3. The molecule has 1 spiro atoms. The van der Waals surface area contributed by atoms with Crippen LogP contribution in [0.4, 0.5) is 11.4 Å². The summed E-state index contributed by atoms with van der Waals surface area (Å²) in [5, 5.41) is 10.4. The van der Waals surface area contributed by atoms with Crippen LogP contribution in [0.2, 0.25) is 5.02 Å². The molecule has 5 rings (SSSR count). The topological polar surface area (TPSA) is 90.4 Å². The summed E-state index contributed by atoms with van der Waals surface area (Å²) in [4.78, 5) is 47.8. The van der Waals surface area contributed by atoms with Gasteiger partial charge in [-0.3, -0.25) is 14.4 Å². The monoisotopic (exact) mass is 577 g/mol. The molecule has 41 heavy (non-hydrogen) atoms. The van der Waals surface area contributed by atoms with Crippen molar-refractivity contribution in [3.05, 3.63) is 84.9 Å². The molecular formula is C32H36ClN3O5. The number of aliphatic hydroxyl groups excluding tert-OH is 1. The van der Waals surface area contributed by atoms with Crippen LogP contribution in [-0.4, -0.2) is 71.2 Å². The molecule has 2 bridgehead atoms. The van der Waals surface area contributed by atoms with E-state index in [2.05, 4.69) is 13.2 Å². The number of rotatable bonds is 10. The quantitative estimate of drug-likeness (QED) is 0.430. The lowest BCUT2D eigenvalue weighted by molar-refractivity contribution is -0.146. The number of nitrogens with zero attached hydrogens (tertiary/aromatic N) is 3. The highest BCUT2D eigenvalue weighted by Gasteiger charge is 2.80. The van der Waals surface area contributed by atoms with Gasteiger partial charge in [-0.1, -0.05) is 61.0 Å². The summed E-state index contributed by atoms with van der Waals surface area (Å²) in [5.74, 6) is -2.87. The molecule has 0 aromatic heterocycles. The summed E-state index contributed by atoms with van der Waals surface area (Å²) >= 11 is 6.51. The first-order valence-corrected chi connectivity index (χ1v) is 14.3. The van der Waals surface area contributed by atoms with Crippen molar-refractivity contribution in [3.8, 4) is 0 Å². The van der Waals surface area contributed by atoms with Crippen molar-refractivity contribution in [1.29, 1.82) is 0 Å². The first kappa shape index (κ1) is 29.0. The summed E-state index contributed by atoms with van der Waals surface area (Å²) in [5.41, 5.74) is -1.07. The number of hydrogen-bond acceptors (Lipinski definition) is 5. The third kappa shape index (κ3) is 4.40. The number of β-amino-alcohol motifs (C(OH)–C–C–N with tert-alkyl or cyclic N) is 1. The van der Waals surface area contributed by atoms with E-state index >= 15 is 0 Å². The molecule has 0 radical (unpaired) electrons. The van der Waals surface area contributed by atoms with Crippen LogP contribution in [0.5, 0.6) is 0 Å². The zero-order valence-corrected chi connectivity index (χ0v) is 24.2. The molecule has 9 heteroatoms. The van der Waals surface area contributed by atoms with Gasteiger partial charge in [0.05, 0.1) is 34.8 Å². The molecule has 0 saturated carbocycles. The predicted octanol–water partition coefficient (Wildman–Crippen LogP) is 4.08. The van der Waals surface area contributed by atoms with E-state index in [-0.39, 0.29) is 44.0 Å². The van der Waals surface area contributed by atoms with Crippen molar-refractivity contribution in [2.24, 2.45) is 17.8 Å². The van der Waals surface area contributed by atoms with Crippen molar-refractivity contribution >= 4 is 40.7 Å². The number of anilines is 2. The molecule has 0 aliphatic carbocycles. The van der Waals surface area contributed by atoms with E-state index in [0.29, 0.717) is 22.8 Å². The summed E-state index contributed by atoms with van der Waals surface area (Å²) in [6.45, 7) is 11.5. The summed E-state index contributed by atoms with van der Waals surface area (Å²) in [7, 11) is 0. The number of fused-ring (bicyclic) bond motifs is 1. The number of ether oxygens (including phenoxy) is 1. The Labute approximate surface area is 245 Å². The Kier molecular flexibility index (Phi) is 7.85. The maximum atomic E-state index is 14.5. The van der Waals surface area contributed by atoms with Crippen molar-refractivity contribution in [3.63, 3.8) is 0 Å². The second-order valence-electron chi connectivity index (χ2n) is 11.2. The minimum atomic E-state index is -1.25. The lowest BCUT2D eigenvalue weighted by Crippen LogP contribution is -2.57. The van der Waals surface area contributed by atoms with Crippen LogP contribution in [0.25, 0.3) is 0 Å². The second-order valence-corrected chi connectivity index (χ2v) is 11.6. The molecule has 3 saturated heterocycles. The number of aliphatic hydroxyl groups is 1. The van der Waals surface area contributed by atoms with Crippen molar-refractivity contribution in [1.82, 2.24) is 4.90 Å². The molecule has 3 fully saturated rings. The fourth-order valence-electron chi connectivity index (χ4n) is 7.22. The molecule has 2 aromatic carbocycles. The minimum Gasteiger partial charge on any atom is -0.395 e. The second kappa shape index (κ2) is 11.1. The normalized spacial score (nSPS) is 29.8. The number of halogens is 1. The minimum absolute atomic E-state index is 0.0671. The van der Waals surface area contributed by atoms with Gasteiger partial charge in [0.1, 0.15) is 11.6 Å². The Bertz CT molecular complexity index is 1370. The average molecular weight is 578 g/mol. The van der Waals surface area contributed by atoms with Gasteiger partial charge in [-0.05, 0) is 43.5 Å². The Morgan fingerprint density at radius 2 is 1.71 bits per heavy atom. The van der Waals surface area contributed by atoms with E-state index in [1.807, 2.05) is 44.2 Å². The summed E-state index contributed by atoms with van der Waals surface area (Å²) in [6.07, 6.45) is 3.66. The first-order valence-electron chi connectivity index (χ1n) is 13.9. The molecule has 3 unspecified atom stereocenters. The number of para-hydroxylation sites is 2. The Hall–Kier alpha value is -3.46. The zero-order valence-electron chi connectivity index (χ0n) is 23.4. The maximum Gasteiger partial charge on any atom is 0.253 e. The molecule has 3 heterocycles. The molecule has 6 atom stereocenters. The molecule has 3 amide bonds. The van der Waals surface area contributed by atoms with Crippen LogP contribution < -0.4 is 9.80 Å². The van der Waals surface area contributed by atoms with Crippen LogP contribution in [0.15, 0.2) is 79.9 Å². The third-order valence-electron chi connectivity index (χ3n) is 9.02. The highest BCUT2D eigenvalue weighted by molar-refractivity contribution is 6.34. The Morgan fingerprint density at radius 3 is 2.34 bits per heavy atom. The van der Waals surface area contributed by atoms with E-state index in [0.717, 1.165) is 0 Å². The molecule has 3 aliphatic heterocycles. The van der Waals surface area contributed by atoms with Gasteiger partial charge < -0.3 is 24.5 Å². The standard InChI is InChI=1S/C32H36ClN3O5/c1-5-16-34(22-12-8-7-9-13-22)28(38)25-26-29(39)36(18-19-37)27(32(26)20-21(3)31(25,4)41-32)30(40)35(17-6-2)24-15-11-10-14-23(24)33/h5-15,21,25-27,37H,1-2,16-20H2,3-4H3/t21?,25-,26-,27?,31+,32?/m0/s1. The fourth-order valence-corrected chi connectivity index (χ4v) is 7.46. The van der Waals surface area contributed by atoms with Crippen molar-refractivity contribution in [2.75, 3.05) is 36.0 Å². The predicted molar refractivity (Wildman–Crippen MR) is 159 cm³/mol. The summed E-state index contributed by atoms with van der Waals surface area (Å²) in [6, 6.07) is 15.2. The highest BCUT2D eigenvalue weighted by atomic mass is 35.5. The number of amides is 3. The van der Waals surface area contributed by atoms with Gasteiger partial charge >= 0.3 is 0 Å². The van der Waals surface area contributed by atoms with E-state index in [1.54, 1.807) is 41.3 Å². The van der Waals surface area contributed by atoms with E-state index in [4.69, 9.17) is 16.3 Å².